The van der Waals surface area contributed by atoms with Crippen molar-refractivity contribution in [2.75, 3.05) is 0 Å². The number of benzene rings is 1. The van der Waals surface area contributed by atoms with Crippen LogP contribution in [0.2, 0.25) is 0 Å². The number of imidazole rings is 1. The lowest BCUT2D eigenvalue weighted by molar-refractivity contribution is 0.0951. The van der Waals surface area contributed by atoms with Gasteiger partial charge in [0, 0.05) is 18.3 Å². The predicted molar refractivity (Wildman–Crippen MR) is 94.8 cm³/mol. The maximum absolute atomic E-state index is 12.4. The largest absolute Gasteiger partial charge is 0.348 e. The van der Waals surface area contributed by atoms with E-state index in [1.807, 2.05) is 35.7 Å². The molecule has 0 aliphatic heterocycles. The molecule has 0 atom stereocenters. The van der Waals surface area contributed by atoms with Gasteiger partial charge in [0.15, 0.2) is 0 Å². The van der Waals surface area contributed by atoms with Crippen molar-refractivity contribution in [1.82, 2.24) is 20.3 Å². The lowest BCUT2D eigenvalue weighted by Gasteiger charge is -2.09. The molecule has 3 aromatic heterocycles. The Balaban J connectivity index is 1.53. The summed E-state index contributed by atoms with van der Waals surface area (Å²) in [7, 11) is 0. The van der Waals surface area contributed by atoms with E-state index in [1.165, 1.54) is 0 Å². The van der Waals surface area contributed by atoms with Crippen LogP contribution in [0.5, 0.6) is 0 Å². The van der Waals surface area contributed by atoms with Crippen molar-refractivity contribution in [3.05, 3.63) is 71.5 Å². The Morgan fingerprint density at radius 2 is 2.12 bits per heavy atom. The average Bonchev–Trinajstić information content (AvgIpc) is 3.30. The van der Waals surface area contributed by atoms with Gasteiger partial charge in [-0.1, -0.05) is 12.1 Å². The summed E-state index contributed by atoms with van der Waals surface area (Å²) in [6.45, 7) is 0.431. The van der Waals surface area contributed by atoms with E-state index in [-0.39, 0.29) is 5.91 Å². The van der Waals surface area contributed by atoms with E-state index in [1.54, 1.807) is 36.0 Å². The fourth-order valence-corrected chi connectivity index (χ4v) is 3.33. The van der Waals surface area contributed by atoms with Crippen LogP contribution in [0.25, 0.3) is 21.6 Å². The first-order valence-corrected chi connectivity index (χ1v) is 8.38. The molecule has 0 aliphatic rings. The van der Waals surface area contributed by atoms with Crippen LogP contribution >= 0.6 is 11.3 Å². The number of aromatic amines is 1. The molecule has 3 heterocycles. The molecular formula is C18H14N4OS. The highest BCUT2D eigenvalue weighted by molar-refractivity contribution is 7.13. The predicted octanol–water partition coefficient (Wildman–Crippen LogP) is 3.62. The van der Waals surface area contributed by atoms with E-state index < -0.39 is 0 Å². The number of pyridine rings is 1. The zero-order chi connectivity index (χ0) is 16.4. The molecule has 0 radical (unpaired) electrons. The number of carbonyl (C=O) groups is 1. The fraction of sp³-hybridized carbons (Fsp3) is 0.0556. The van der Waals surface area contributed by atoms with Gasteiger partial charge >= 0.3 is 0 Å². The molecule has 0 saturated carbocycles. The third kappa shape index (κ3) is 2.79. The lowest BCUT2D eigenvalue weighted by atomic mass is 10.1. The second kappa shape index (κ2) is 6.25. The number of hydrogen-bond donors (Lipinski definition) is 2. The van der Waals surface area contributed by atoms with E-state index in [2.05, 4.69) is 20.3 Å². The van der Waals surface area contributed by atoms with Crippen molar-refractivity contribution < 1.29 is 4.79 Å². The third-order valence-corrected chi connectivity index (χ3v) is 4.64. The van der Waals surface area contributed by atoms with E-state index in [9.17, 15) is 4.79 Å². The third-order valence-electron chi connectivity index (χ3n) is 3.77. The Labute approximate surface area is 142 Å². The molecule has 4 rings (SSSR count). The van der Waals surface area contributed by atoms with Gasteiger partial charge in [0.1, 0.15) is 0 Å². The number of aromatic nitrogens is 3. The molecule has 24 heavy (non-hydrogen) atoms. The lowest BCUT2D eigenvalue weighted by Crippen LogP contribution is -2.23. The molecule has 5 nitrogen and oxygen atoms in total. The van der Waals surface area contributed by atoms with Gasteiger partial charge in [0.05, 0.1) is 27.9 Å². The van der Waals surface area contributed by atoms with Crippen molar-refractivity contribution in [1.29, 1.82) is 0 Å². The van der Waals surface area contributed by atoms with E-state index >= 15 is 0 Å². The molecule has 6 heteroatoms. The number of nitrogens with one attached hydrogen (secondary N) is 2. The van der Waals surface area contributed by atoms with Gasteiger partial charge < -0.3 is 10.3 Å². The van der Waals surface area contributed by atoms with Gasteiger partial charge in [0.25, 0.3) is 5.91 Å². The highest BCUT2D eigenvalue weighted by Crippen LogP contribution is 2.25. The highest BCUT2D eigenvalue weighted by atomic mass is 32.1. The van der Waals surface area contributed by atoms with E-state index in [0.29, 0.717) is 12.1 Å². The normalized spacial score (nSPS) is 10.8. The van der Waals surface area contributed by atoms with Crippen molar-refractivity contribution >= 4 is 28.3 Å². The Hall–Kier alpha value is -2.99. The van der Waals surface area contributed by atoms with Crippen LogP contribution in [-0.2, 0) is 6.54 Å². The summed E-state index contributed by atoms with van der Waals surface area (Å²) in [5, 5.41) is 4.99. The van der Waals surface area contributed by atoms with Crippen molar-refractivity contribution in [2.45, 2.75) is 6.54 Å². The zero-order valence-corrected chi connectivity index (χ0v) is 13.5. The first kappa shape index (κ1) is 14.6. The molecule has 118 valence electrons. The summed E-state index contributed by atoms with van der Waals surface area (Å²) in [5.74, 6) is -0.118. The second-order valence-corrected chi connectivity index (χ2v) is 6.25. The molecule has 0 aliphatic carbocycles. The number of amides is 1. The minimum Gasteiger partial charge on any atom is -0.348 e. The maximum atomic E-state index is 12.4. The summed E-state index contributed by atoms with van der Waals surface area (Å²) in [4.78, 5) is 25.1. The first-order valence-electron chi connectivity index (χ1n) is 7.50. The number of H-pyrrole nitrogens is 1. The minimum absolute atomic E-state index is 0.118. The summed E-state index contributed by atoms with van der Waals surface area (Å²) in [6, 6.07) is 13.3. The molecule has 4 aromatic rings. The topological polar surface area (TPSA) is 70.7 Å². The number of hydrogen-bond acceptors (Lipinski definition) is 4. The molecule has 0 saturated heterocycles. The monoisotopic (exact) mass is 334 g/mol. The van der Waals surface area contributed by atoms with Gasteiger partial charge in [-0.3, -0.25) is 9.78 Å². The van der Waals surface area contributed by atoms with Gasteiger partial charge in [-0.15, -0.1) is 11.3 Å². The number of rotatable bonds is 4. The molecule has 2 N–H and O–H groups in total. The zero-order valence-electron chi connectivity index (χ0n) is 12.7. The van der Waals surface area contributed by atoms with Crippen LogP contribution < -0.4 is 5.32 Å². The standard InChI is InChI=1S/C18H14N4OS/c23-18(12-5-6-14-15(9-12)22-11-21-14)20-10-13-3-1-7-19-17(13)16-4-2-8-24-16/h1-9,11H,10H2,(H,20,23)(H,21,22). The van der Waals surface area contributed by atoms with Crippen LogP contribution in [0, 0.1) is 0 Å². The van der Waals surface area contributed by atoms with Crippen molar-refractivity contribution in [3.8, 4) is 10.6 Å². The summed E-state index contributed by atoms with van der Waals surface area (Å²) in [5.41, 5.74) is 4.21. The SMILES string of the molecule is O=C(NCc1cccnc1-c1cccs1)c1ccc2nc[nH]c2c1. The first-order chi connectivity index (χ1) is 11.8. The van der Waals surface area contributed by atoms with Gasteiger partial charge in [-0.25, -0.2) is 4.98 Å². The molecule has 0 fully saturated rings. The number of nitrogens with zero attached hydrogens (tertiary/aromatic N) is 2. The smallest absolute Gasteiger partial charge is 0.251 e. The fourth-order valence-electron chi connectivity index (χ4n) is 2.57. The summed E-state index contributed by atoms with van der Waals surface area (Å²) in [6.07, 6.45) is 3.39. The molecule has 1 amide bonds. The molecular weight excluding hydrogens is 320 g/mol. The number of thiophene rings is 1. The van der Waals surface area contributed by atoms with Gasteiger partial charge in [-0.05, 0) is 41.3 Å². The second-order valence-electron chi connectivity index (χ2n) is 5.31. The molecule has 0 unspecified atom stereocenters. The maximum Gasteiger partial charge on any atom is 0.251 e. The number of carbonyl (C=O) groups excluding carboxylic acids is 1. The summed E-state index contributed by atoms with van der Waals surface area (Å²) >= 11 is 1.64. The Bertz CT molecular complexity index is 991. The number of fused-ring (bicyclic) bond motifs is 1. The Morgan fingerprint density at radius 3 is 3.00 bits per heavy atom. The van der Waals surface area contributed by atoms with Crippen LogP contribution in [0.1, 0.15) is 15.9 Å². The quantitative estimate of drug-likeness (QED) is 0.599. The van der Waals surface area contributed by atoms with Crippen LogP contribution in [-0.4, -0.2) is 20.9 Å². The molecule has 0 bridgehead atoms. The molecule has 0 spiro atoms. The van der Waals surface area contributed by atoms with Gasteiger partial charge in [-0.2, -0.15) is 0 Å². The highest BCUT2D eigenvalue weighted by Gasteiger charge is 2.11. The minimum atomic E-state index is -0.118. The Kier molecular flexibility index (Phi) is 3.80. The summed E-state index contributed by atoms with van der Waals surface area (Å²) < 4.78 is 0. The van der Waals surface area contributed by atoms with E-state index in [0.717, 1.165) is 27.2 Å². The van der Waals surface area contributed by atoms with Crippen molar-refractivity contribution in [3.63, 3.8) is 0 Å². The van der Waals surface area contributed by atoms with E-state index in [4.69, 9.17) is 0 Å². The van der Waals surface area contributed by atoms with Crippen LogP contribution in [0.4, 0.5) is 0 Å². The van der Waals surface area contributed by atoms with Crippen LogP contribution in [0.3, 0.4) is 0 Å². The Morgan fingerprint density at radius 1 is 1.17 bits per heavy atom. The van der Waals surface area contributed by atoms with Gasteiger partial charge in [0.2, 0.25) is 0 Å². The molecule has 1 aromatic carbocycles. The van der Waals surface area contributed by atoms with Crippen molar-refractivity contribution in [2.24, 2.45) is 0 Å². The average molecular weight is 334 g/mol. The van der Waals surface area contributed by atoms with Crippen LogP contribution in [0.15, 0.2) is 60.4 Å².